The molecule has 0 unspecified atom stereocenters. The molecule has 0 N–H and O–H groups in total. The smallest absolute Gasteiger partial charge is 0.225 e. The van der Waals surface area contributed by atoms with Gasteiger partial charge in [0.25, 0.3) is 0 Å². The molecule has 1 aliphatic rings. The first-order valence-electron chi connectivity index (χ1n) is 12.3. The first-order chi connectivity index (χ1) is 17.7. The van der Waals surface area contributed by atoms with Crippen molar-refractivity contribution >= 4 is 5.69 Å². The normalized spacial score (nSPS) is 13.4. The summed E-state index contributed by atoms with van der Waals surface area (Å²) >= 11 is 0. The van der Waals surface area contributed by atoms with Crippen molar-refractivity contribution in [1.82, 2.24) is 4.98 Å². The van der Waals surface area contributed by atoms with E-state index < -0.39 is 11.6 Å². The zero-order valence-electron chi connectivity index (χ0n) is 20.0. The summed E-state index contributed by atoms with van der Waals surface area (Å²) in [6.45, 7) is 2.13. The van der Waals surface area contributed by atoms with Crippen LogP contribution in [0.3, 0.4) is 0 Å². The number of hydrogen-bond donors (Lipinski definition) is 0. The molecule has 36 heavy (non-hydrogen) atoms. The maximum atomic E-state index is 15.4. The minimum atomic E-state index is -0.639. The quantitative estimate of drug-likeness (QED) is 0.264. The third kappa shape index (κ3) is 5.65. The fraction of sp³-hybridized carbons (Fsp3) is 0.233. The Balaban J connectivity index is 1.45. The van der Waals surface area contributed by atoms with Crippen LogP contribution in [0.5, 0.6) is 11.8 Å². The van der Waals surface area contributed by atoms with E-state index in [4.69, 9.17) is 9.47 Å². The molecular formula is C30H28F2N2O2. The van der Waals surface area contributed by atoms with Gasteiger partial charge in [-0.15, -0.1) is 0 Å². The third-order valence-corrected chi connectivity index (χ3v) is 6.30. The SMILES string of the molecule is Fc1cc(N2CCCCC2)cc(F)c1-c1ccc(OCc2ccccc2)nc1OCc1ccccc1. The van der Waals surface area contributed by atoms with Crippen molar-refractivity contribution in [2.75, 3.05) is 18.0 Å². The van der Waals surface area contributed by atoms with E-state index in [-0.39, 0.29) is 23.6 Å². The molecule has 0 atom stereocenters. The summed E-state index contributed by atoms with van der Waals surface area (Å²) in [5.74, 6) is -0.843. The molecule has 4 aromatic rings. The summed E-state index contributed by atoms with van der Waals surface area (Å²) in [7, 11) is 0. The second-order valence-electron chi connectivity index (χ2n) is 8.88. The number of piperidine rings is 1. The summed E-state index contributed by atoms with van der Waals surface area (Å²) < 4.78 is 42.6. The Hall–Kier alpha value is -3.93. The molecule has 1 fully saturated rings. The Kier molecular flexibility index (Phi) is 7.41. The Morgan fingerprint density at radius 1 is 0.694 bits per heavy atom. The van der Waals surface area contributed by atoms with Crippen molar-refractivity contribution in [2.24, 2.45) is 0 Å². The summed E-state index contributed by atoms with van der Waals surface area (Å²) in [5, 5.41) is 0. The average Bonchev–Trinajstić information content (AvgIpc) is 2.92. The van der Waals surface area contributed by atoms with Gasteiger partial charge in [0.05, 0.1) is 11.1 Å². The Bertz CT molecular complexity index is 1270. The van der Waals surface area contributed by atoms with Gasteiger partial charge in [-0.3, -0.25) is 0 Å². The molecule has 0 radical (unpaired) electrons. The van der Waals surface area contributed by atoms with Gasteiger partial charge in [0.15, 0.2) is 0 Å². The van der Waals surface area contributed by atoms with Crippen LogP contribution in [-0.2, 0) is 13.2 Å². The van der Waals surface area contributed by atoms with E-state index in [1.165, 1.54) is 12.1 Å². The van der Waals surface area contributed by atoms with Crippen LogP contribution >= 0.6 is 0 Å². The minimum Gasteiger partial charge on any atom is -0.473 e. The molecule has 2 heterocycles. The van der Waals surface area contributed by atoms with Crippen LogP contribution in [0.1, 0.15) is 30.4 Å². The van der Waals surface area contributed by atoms with Gasteiger partial charge >= 0.3 is 0 Å². The van der Waals surface area contributed by atoms with Crippen LogP contribution in [0.2, 0.25) is 0 Å². The van der Waals surface area contributed by atoms with Gasteiger partial charge in [-0.05, 0) is 48.6 Å². The number of benzene rings is 3. The number of rotatable bonds is 8. The topological polar surface area (TPSA) is 34.6 Å². The summed E-state index contributed by atoms with van der Waals surface area (Å²) in [4.78, 5) is 6.52. The molecule has 0 spiro atoms. The van der Waals surface area contributed by atoms with Crippen molar-refractivity contribution in [3.63, 3.8) is 0 Å². The molecule has 3 aromatic carbocycles. The molecular weight excluding hydrogens is 458 g/mol. The number of nitrogens with zero attached hydrogens (tertiary/aromatic N) is 2. The van der Waals surface area contributed by atoms with Crippen LogP contribution in [0.15, 0.2) is 84.9 Å². The molecule has 5 rings (SSSR count). The van der Waals surface area contributed by atoms with Gasteiger partial charge in [-0.25, -0.2) is 8.78 Å². The van der Waals surface area contributed by atoms with E-state index in [1.807, 2.05) is 65.6 Å². The monoisotopic (exact) mass is 486 g/mol. The Labute approximate surface area is 210 Å². The van der Waals surface area contributed by atoms with Gasteiger partial charge in [0, 0.05) is 24.8 Å². The van der Waals surface area contributed by atoms with Crippen molar-refractivity contribution < 1.29 is 18.3 Å². The fourth-order valence-corrected chi connectivity index (χ4v) is 4.41. The largest absolute Gasteiger partial charge is 0.473 e. The second-order valence-corrected chi connectivity index (χ2v) is 8.88. The number of halogens is 2. The highest BCUT2D eigenvalue weighted by Gasteiger charge is 2.22. The zero-order valence-corrected chi connectivity index (χ0v) is 20.0. The van der Waals surface area contributed by atoms with Crippen molar-refractivity contribution in [2.45, 2.75) is 32.5 Å². The van der Waals surface area contributed by atoms with E-state index in [2.05, 4.69) is 4.98 Å². The predicted octanol–water partition coefficient (Wildman–Crippen LogP) is 7.18. The number of anilines is 1. The summed E-state index contributed by atoms with van der Waals surface area (Å²) in [6.07, 6.45) is 3.19. The highest BCUT2D eigenvalue weighted by Crippen LogP contribution is 2.37. The molecule has 4 nitrogen and oxygen atoms in total. The van der Waals surface area contributed by atoms with E-state index in [0.717, 1.165) is 43.5 Å². The number of ether oxygens (including phenoxy) is 2. The predicted molar refractivity (Wildman–Crippen MR) is 137 cm³/mol. The first-order valence-corrected chi connectivity index (χ1v) is 12.3. The maximum Gasteiger partial charge on any atom is 0.225 e. The van der Waals surface area contributed by atoms with E-state index >= 15 is 8.78 Å². The van der Waals surface area contributed by atoms with Crippen LogP contribution in [0.25, 0.3) is 11.1 Å². The standard InChI is InChI=1S/C30H28F2N2O2/c31-26-18-24(34-16-8-3-9-17-34)19-27(32)29(26)25-14-15-28(35-20-22-10-4-1-5-11-22)33-30(25)36-21-23-12-6-2-7-13-23/h1-2,4-7,10-15,18-19H,3,8-9,16-17,20-21H2. The van der Waals surface area contributed by atoms with Gasteiger partial charge in [0.1, 0.15) is 24.8 Å². The lowest BCUT2D eigenvalue weighted by atomic mass is 10.0. The van der Waals surface area contributed by atoms with Crippen LogP contribution in [-0.4, -0.2) is 18.1 Å². The van der Waals surface area contributed by atoms with Crippen molar-refractivity contribution in [3.8, 4) is 22.9 Å². The lowest BCUT2D eigenvalue weighted by Crippen LogP contribution is -2.29. The molecule has 0 aliphatic carbocycles. The molecule has 1 saturated heterocycles. The number of pyridine rings is 1. The third-order valence-electron chi connectivity index (χ3n) is 6.30. The molecule has 1 aliphatic heterocycles. The highest BCUT2D eigenvalue weighted by atomic mass is 19.1. The minimum absolute atomic E-state index is 0.118. The van der Waals surface area contributed by atoms with Crippen molar-refractivity contribution in [1.29, 1.82) is 0 Å². The molecule has 0 bridgehead atoms. The molecule has 6 heteroatoms. The number of hydrogen-bond acceptors (Lipinski definition) is 4. The molecule has 0 saturated carbocycles. The fourth-order valence-electron chi connectivity index (χ4n) is 4.41. The summed E-state index contributed by atoms with van der Waals surface area (Å²) in [6, 6.07) is 25.3. The number of aromatic nitrogens is 1. The Morgan fingerprint density at radius 3 is 1.89 bits per heavy atom. The Morgan fingerprint density at radius 2 is 1.28 bits per heavy atom. The molecule has 1 aromatic heterocycles. The van der Waals surface area contributed by atoms with Crippen LogP contribution in [0.4, 0.5) is 14.5 Å². The maximum absolute atomic E-state index is 15.4. The van der Waals surface area contributed by atoms with Gasteiger partial charge in [-0.1, -0.05) is 60.7 Å². The van der Waals surface area contributed by atoms with Gasteiger partial charge in [-0.2, -0.15) is 4.98 Å². The van der Waals surface area contributed by atoms with Gasteiger partial charge in [0.2, 0.25) is 11.8 Å². The zero-order chi connectivity index (χ0) is 24.7. The van der Waals surface area contributed by atoms with Crippen molar-refractivity contribution in [3.05, 3.63) is 108 Å². The molecule has 0 amide bonds. The summed E-state index contributed by atoms with van der Waals surface area (Å²) in [5.41, 5.74) is 2.57. The first kappa shape index (κ1) is 23.8. The van der Waals surface area contributed by atoms with E-state index in [9.17, 15) is 0 Å². The van der Waals surface area contributed by atoms with E-state index in [0.29, 0.717) is 18.2 Å². The average molecular weight is 487 g/mol. The van der Waals surface area contributed by atoms with Crippen LogP contribution in [0, 0.1) is 11.6 Å². The van der Waals surface area contributed by atoms with Crippen LogP contribution < -0.4 is 14.4 Å². The second kappa shape index (κ2) is 11.2. The van der Waals surface area contributed by atoms with Gasteiger partial charge < -0.3 is 14.4 Å². The molecule has 184 valence electrons. The lowest BCUT2D eigenvalue weighted by molar-refractivity contribution is 0.268. The highest BCUT2D eigenvalue weighted by molar-refractivity contribution is 5.72. The lowest BCUT2D eigenvalue weighted by Gasteiger charge is -2.29. The van der Waals surface area contributed by atoms with E-state index in [1.54, 1.807) is 12.1 Å².